The minimum atomic E-state index is -0.379. The molecule has 3 fully saturated rings. The molecule has 3 saturated carbocycles. The van der Waals surface area contributed by atoms with Gasteiger partial charge in [-0.1, -0.05) is 61.0 Å². The molecule has 9 atom stereocenters. The van der Waals surface area contributed by atoms with Crippen LogP contribution in [-0.4, -0.2) is 35.1 Å². The first-order chi connectivity index (χ1) is 15.4. The van der Waals surface area contributed by atoms with Gasteiger partial charge in [0.2, 0.25) is 0 Å². The highest BCUT2D eigenvalue weighted by Gasteiger charge is 2.65. The highest BCUT2D eigenvalue weighted by Crippen LogP contribution is 2.68. The van der Waals surface area contributed by atoms with Crippen LogP contribution in [0, 0.1) is 40.4 Å². The van der Waals surface area contributed by atoms with E-state index in [0.29, 0.717) is 17.8 Å². The number of methoxy groups -OCH3 is 1. The highest BCUT2D eigenvalue weighted by atomic mass is 16.5. The van der Waals surface area contributed by atoms with Crippen molar-refractivity contribution < 1.29 is 14.9 Å². The van der Waals surface area contributed by atoms with Crippen LogP contribution in [0.15, 0.2) is 23.3 Å². The van der Waals surface area contributed by atoms with Crippen molar-refractivity contribution in [1.82, 2.24) is 0 Å². The van der Waals surface area contributed by atoms with Crippen LogP contribution in [0.2, 0.25) is 0 Å². The van der Waals surface area contributed by atoms with Crippen LogP contribution in [0.5, 0.6) is 0 Å². The summed E-state index contributed by atoms with van der Waals surface area (Å²) in [7, 11) is 1.89. The van der Waals surface area contributed by atoms with Crippen molar-refractivity contribution in [1.29, 1.82) is 0 Å². The van der Waals surface area contributed by atoms with Crippen LogP contribution in [-0.2, 0) is 4.74 Å². The molecule has 33 heavy (non-hydrogen) atoms. The lowest BCUT2D eigenvalue weighted by Crippen LogP contribution is -2.61. The molecule has 0 spiro atoms. The molecule has 0 bridgehead atoms. The number of aliphatic hydroxyl groups is 2. The van der Waals surface area contributed by atoms with Gasteiger partial charge in [0.25, 0.3) is 0 Å². The molecule has 4 rings (SSSR count). The first-order valence-electron chi connectivity index (χ1n) is 13.8. The number of fused-ring (bicyclic) bond motifs is 4. The van der Waals surface area contributed by atoms with E-state index in [-0.39, 0.29) is 28.6 Å². The molecule has 4 aliphatic carbocycles. The van der Waals surface area contributed by atoms with E-state index in [9.17, 15) is 10.2 Å². The maximum Gasteiger partial charge on any atom is 0.0950 e. The van der Waals surface area contributed by atoms with Crippen LogP contribution >= 0.6 is 0 Å². The molecule has 2 N–H and O–H groups in total. The fraction of sp³-hybridized carbons (Fsp3) is 0.867. The van der Waals surface area contributed by atoms with E-state index in [2.05, 4.69) is 48.1 Å². The third-order valence-corrected chi connectivity index (χ3v) is 11.5. The quantitative estimate of drug-likeness (QED) is 0.436. The third-order valence-electron chi connectivity index (χ3n) is 11.5. The molecule has 3 nitrogen and oxygen atoms in total. The average molecular weight is 459 g/mol. The second-order valence-electron chi connectivity index (χ2n) is 13.1. The molecule has 3 heteroatoms. The van der Waals surface area contributed by atoms with Gasteiger partial charge >= 0.3 is 0 Å². The fourth-order valence-corrected chi connectivity index (χ4v) is 8.93. The Morgan fingerprint density at radius 3 is 2.33 bits per heavy atom. The standard InChI is InChI=1S/C30H50O3/c1-18(2)19(3)9-10-20(4)24-17-26(32)27-23-12-11-22-21(5)25(31)13-14-29(22,7)30(23,33-8)16-15-28(24,27)6/h18-20,22,24-26,31-32H,5,9-17H2,1-4,6-8H3. The summed E-state index contributed by atoms with van der Waals surface area (Å²) in [4.78, 5) is 0. The van der Waals surface area contributed by atoms with E-state index < -0.39 is 0 Å². The Morgan fingerprint density at radius 2 is 1.70 bits per heavy atom. The van der Waals surface area contributed by atoms with Crippen LogP contribution < -0.4 is 0 Å². The lowest BCUT2D eigenvalue weighted by Gasteiger charge is -2.63. The van der Waals surface area contributed by atoms with E-state index in [0.717, 1.165) is 62.4 Å². The van der Waals surface area contributed by atoms with Gasteiger partial charge in [-0.3, -0.25) is 0 Å². The summed E-state index contributed by atoms with van der Waals surface area (Å²) in [6.07, 6.45) is 8.53. The van der Waals surface area contributed by atoms with Gasteiger partial charge in [0.05, 0.1) is 17.8 Å². The minimum absolute atomic E-state index is 0.0594. The fourth-order valence-electron chi connectivity index (χ4n) is 8.93. The number of hydrogen-bond donors (Lipinski definition) is 2. The third kappa shape index (κ3) is 3.62. The Hall–Kier alpha value is -0.640. The lowest BCUT2D eigenvalue weighted by molar-refractivity contribution is -0.152. The van der Waals surface area contributed by atoms with E-state index in [1.54, 1.807) is 0 Å². The van der Waals surface area contributed by atoms with Crippen LogP contribution in [0.25, 0.3) is 0 Å². The molecule has 0 saturated heterocycles. The van der Waals surface area contributed by atoms with Crippen molar-refractivity contribution in [3.05, 3.63) is 23.3 Å². The van der Waals surface area contributed by atoms with Crippen molar-refractivity contribution in [3.63, 3.8) is 0 Å². The maximum atomic E-state index is 11.5. The summed E-state index contributed by atoms with van der Waals surface area (Å²) < 4.78 is 6.55. The topological polar surface area (TPSA) is 49.7 Å². The number of aliphatic hydroxyl groups excluding tert-OH is 2. The highest BCUT2D eigenvalue weighted by molar-refractivity contribution is 5.44. The second kappa shape index (κ2) is 8.79. The van der Waals surface area contributed by atoms with Gasteiger partial charge in [-0.05, 0) is 96.7 Å². The molecular formula is C30H50O3. The Balaban J connectivity index is 1.69. The SMILES string of the molecule is C=C1C(O)CCC2(C)C1CCC1=C3C(O)CC(C(C)CCC(C)C(C)C)C3(C)CCC12OC. The zero-order chi connectivity index (χ0) is 24.3. The number of ether oxygens (including phenoxy) is 1. The van der Waals surface area contributed by atoms with Crippen molar-refractivity contribution in [2.24, 2.45) is 40.4 Å². The summed E-state index contributed by atoms with van der Waals surface area (Å²) in [5.41, 5.74) is 3.44. The minimum Gasteiger partial charge on any atom is -0.389 e. The number of rotatable bonds is 6. The predicted octanol–water partition coefficient (Wildman–Crippen LogP) is 6.68. The van der Waals surface area contributed by atoms with Crippen molar-refractivity contribution in [2.75, 3.05) is 7.11 Å². The summed E-state index contributed by atoms with van der Waals surface area (Å²) in [6.45, 7) is 18.7. The van der Waals surface area contributed by atoms with E-state index in [4.69, 9.17) is 4.74 Å². The lowest BCUT2D eigenvalue weighted by atomic mass is 9.45. The average Bonchev–Trinajstić information content (AvgIpc) is 3.05. The molecule has 0 amide bonds. The zero-order valence-corrected chi connectivity index (χ0v) is 22.4. The van der Waals surface area contributed by atoms with Crippen molar-refractivity contribution >= 4 is 0 Å². The molecule has 0 aromatic carbocycles. The molecule has 0 aromatic rings. The van der Waals surface area contributed by atoms with E-state index >= 15 is 0 Å². The second-order valence-corrected chi connectivity index (χ2v) is 13.1. The van der Waals surface area contributed by atoms with Crippen LogP contribution in [0.3, 0.4) is 0 Å². The molecule has 0 radical (unpaired) electrons. The smallest absolute Gasteiger partial charge is 0.0950 e. The van der Waals surface area contributed by atoms with E-state index in [1.807, 2.05) is 7.11 Å². The van der Waals surface area contributed by atoms with Gasteiger partial charge in [-0.25, -0.2) is 0 Å². The normalized spacial score (nSPS) is 45.0. The van der Waals surface area contributed by atoms with Gasteiger partial charge in [0.15, 0.2) is 0 Å². The van der Waals surface area contributed by atoms with Gasteiger partial charge in [-0.2, -0.15) is 0 Å². The first kappa shape index (κ1) is 25.5. The Morgan fingerprint density at radius 1 is 1.00 bits per heavy atom. The predicted molar refractivity (Wildman–Crippen MR) is 136 cm³/mol. The summed E-state index contributed by atoms with van der Waals surface area (Å²) >= 11 is 0. The Kier molecular flexibility index (Phi) is 6.78. The Bertz CT molecular complexity index is 798. The summed E-state index contributed by atoms with van der Waals surface area (Å²) in [5.74, 6) is 2.94. The number of hydrogen-bond acceptors (Lipinski definition) is 3. The molecule has 0 aromatic heterocycles. The first-order valence-corrected chi connectivity index (χ1v) is 13.8. The van der Waals surface area contributed by atoms with Crippen LogP contribution in [0.4, 0.5) is 0 Å². The molecule has 0 heterocycles. The molecule has 188 valence electrons. The molecule has 0 aliphatic heterocycles. The Labute approximate surface area is 203 Å². The molecular weight excluding hydrogens is 408 g/mol. The van der Waals surface area contributed by atoms with Gasteiger partial charge in [0, 0.05) is 12.5 Å². The van der Waals surface area contributed by atoms with Crippen molar-refractivity contribution in [2.45, 2.75) is 117 Å². The van der Waals surface area contributed by atoms with Crippen LogP contribution in [0.1, 0.15) is 99.3 Å². The van der Waals surface area contributed by atoms with Crippen molar-refractivity contribution in [3.8, 4) is 0 Å². The molecule has 9 unspecified atom stereocenters. The van der Waals surface area contributed by atoms with Gasteiger partial charge < -0.3 is 14.9 Å². The maximum absolute atomic E-state index is 11.5. The van der Waals surface area contributed by atoms with E-state index in [1.165, 1.54) is 24.0 Å². The summed E-state index contributed by atoms with van der Waals surface area (Å²) in [5, 5.41) is 22.1. The zero-order valence-electron chi connectivity index (χ0n) is 22.4. The van der Waals surface area contributed by atoms with Gasteiger partial charge in [-0.15, -0.1) is 0 Å². The largest absolute Gasteiger partial charge is 0.389 e. The van der Waals surface area contributed by atoms with Gasteiger partial charge in [0.1, 0.15) is 0 Å². The molecule has 4 aliphatic rings. The monoisotopic (exact) mass is 458 g/mol. The summed E-state index contributed by atoms with van der Waals surface area (Å²) in [6, 6.07) is 0.